The van der Waals surface area contributed by atoms with Crippen molar-refractivity contribution in [1.82, 2.24) is 35.2 Å². The first-order chi connectivity index (χ1) is 14.7. The minimum atomic E-state index is -1.58. The molecular formula is C15H14N8O5S3. The fraction of sp³-hybridized carbons (Fsp3) is 0.333. The van der Waals surface area contributed by atoms with Crippen molar-refractivity contribution in [3.05, 3.63) is 27.4 Å². The number of aryl methyl sites for hydroxylation is 1. The number of nitrogens with one attached hydrogen (secondary N) is 2. The van der Waals surface area contributed by atoms with Gasteiger partial charge in [0.2, 0.25) is 10.7 Å². The van der Waals surface area contributed by atoms with Crippen LogP contribution in [0.15, 0.2) is 11.1 Å². The standard InChI is InChI=1S/C15H14N8O5S3/c1-21-10(18-19-20-21)7-4-30-13-15(5-29,12(27)22(13)9(7)11(25)26)17-8(24)2-6-3-31-14(16)23(6)28/h3,5,13,16,28H,2,4H2,1H3,(H,17,24)(H,25,26)/t13-,15?/m0/s1. The van der Waals surface area contributed by atoms with E-state index in [-0.39, 0.29) is 39.8 Å². The molecular weight excluding hydrogens is 468 g/mol. The molecule has 1 unspecified atom stereocenters. The lowest BCUT2D eigenvalue weighted by Crippen LogP contribution is -2.80. The average Bonchev–Trinajstić information content (AvgIpc) is 3.30. The highest BCUT2D eigenvalue weighted by Gasteiger charge is 2.64. The molecule has 16 heteroatoms. The zero-order valence-electron chi connectivity index (χ0n) is 15.7. The molecule has 31 heavy (non-hydrogen) atoms. The minimum absolute atomic E-state index is 0.150. The van der Waals surface area contributed by atoms with Gasteiger partial charge in [-0.1, -0.05) is 12.2 Å². The zero-order chi connectivity index (χ0) is 22.5. The summed E-state index contributed by atoms with van der Waals surface area (Å²) in [4.78, 5) is 38.6. The number of carbonyl (C=O) groups is 3. The normalized spacial score (nSPS) is 22.7. The fourth-order valence-corrected chi connectivity index (χ4v) is 5.85. The molecule has 2 atom stereocenters. The lowest BCUT2D eigenvalue weighted by Gasteiger charge is -2.55. The van der Waals surface area contributed by atoms with Gasteiger partial charge in [0.25, 0.3) is 5.91 Å². The first kappa shape index (κ1) is 21.1. The molecule has 2 amide bonds. The van der Waals surface area contributed by atoms with Gasteiger partial charge in [-0.3, -0.25) is 19.9 Å². The van der Waals surface area contributed by atoms with Crippen LogP contribution < -0.4 is 10.1 Å². The number of rotatable bonds is 6. The molecule has 0 saturated carbocycles. The summed E-state index contributed by atoms with van der Waals surface area (Å²) in [5.74, 6) is -2.24. The Bertz CT molecular complexity index is 1220. The van der Waals surface area contributed by atoms with E-state index in [1.54, 1.807) is 7.05 Å². The second-order valence-electron chi connectivity index (χ2n) is 6.65. The number of carboxylic acid groups (broad SMARTS) is 1. The molecule has 4 N–H and O–H groups in total. The van der Waals surface area contributed by atoms with Crippen LogP contribution in [0.2, 0.25) is 0 Å². The van der Waals surface area contributed by atoms with Crippen molar-refractivity contribution in [1.29, 1.82) is 5.41 Å². The van der Waals surface area contributed by atoms with Crippen LogP contribution in [0, 0.1) is 5.41 Å². The molecule has 0 aliphatic carbocycles. The summed E-state index contributed by atoms with van der Waals surface area (Å²) in [6, 6.07) is 0. The van der Waals surface area contributed by atoms with Crippen molar-refractivity contribution in [2.75, 3.05) is 5.75 Å². The molecule has 13 nitrogen and oxygen atoms in total. The highest BCUT2D eigenvalue weighted by atomic mass is 32.2. The monoisotopic (exact) mass is 482 g/mol. The Balaban J connectivity index is 1.63. The van der Waals surface area contributed by atoms with E-state index < -0.39 is 28.7 Å². The van der Waals surface area contributed by atoms with E-state index in [1.807, 2.05) is 0 Å². The lowest BCUT2D eigenvalue weighted by atomic mass is 9.87. The largest absolute Gasteiger partial charge is 0.477 e. The summed E-state index contributed by atoms with van der Waals surface area (Å²) in [6.45, 7) is 0. The maximum absolute atomic E-state index is 13.1. The van der Waals surface area contributed by atoms with Gasteiger partial charge in [0.15, 0.2) is 11.4 Å². The first-order valence-electron chi connectivity index (χ1n) is 8.56. The second-order valence-corrected chi connectivity index (χ2v) is 8.82. The predicted octanol–water partition coefficient (Wildman–Crippen LogP) is -1.40. The van der Waals surface area contributed by atoms with Crippen LogP contribution in [-0.2, 0) is 27.9 Å². The molecule has 0 aromatic carbocycles. The summed E-state index contributed by atoms with van der Waals surface area (Å²) >= 11 is 7.21. The number of carboxylic acids is 1. The van der Waals surface area contributed by atoms with Crippen LogP contribution in [0.5, 0.6) is 0 Å². The Morgan fingerprint density at radius 3 is 2.81 bits per heavy atom. The molecule has 162 valence electrons. The van der Waals surface area contributed by atoms with Crippen molar-refractivity contribution >= 4 is 64.0 Å². The number of thiazole rings is 1. The van der Waals surface area contributed by atoms with Crippen molar-refractivity contribution in [3.8, 4) is 0 Å². The lowest BCUT2D eigenvalue weighted by molar-refractivity contribution is -0.153. The van der Waals surface area contributed by atoms with Crippen LogP contribution in [0.1, 0.15) is 11.5 Å². The Labute approximate surface area is 186 Å². The van der Waals surface area contributed by atoms with Crippen LogP contribution in [0.25, 0.3) is 5.57 Å². The fourth-order valence-electron chi connectivity index (χ4n) is 3.40. The van der Waals surface area contributed by atoms with E-state index >= 15 is 0 Å². The number of nitrogens with zero attached hydrogens (tertiary/aromatic N) is 6. The van der Waals surface area contributed by atoms with Crippen LogP contribution >= 0.6 is 35.3 Å². The Hall–Kier alpha value is -3.11. The molecule has 2 aliphatic heterocycles. The quantitative estimate of drug-likeness (QED) is 0.217. The third-order valence-corrected chi connectivity index (χ3v) is 7.36. The Morgan fingerprint density at radius 1 is 1.52 bits per heavy atom. The summed E-state index contributed by atoms with van der Waals surface area (Å²) < 4.78 is 1.88. The third kappa shape index (κ3) is 3.14. The zero-order valence-corrected chi connectivity index (χ0v) is 18.1. The topological polar surface area (TPSA) is 179 Å². The number of hydrogen-bond donors (Lipinski definition) is 4. The number of fused-ring (bicyclic) bond motifs is 1. The van der Waals surface area contributed by atoms with Crippen molar-refractivity contribution in [3.63, 3.8) is 0 Å². The van der Waals surface area contributed by atoms with E-state index in [4.69, 9.17) is 17.6 Å². The number of carbonyl (C=O) groups excluding carboxylic acids is 2. The molecule has 1 fully saturated rings. The van der Waals surface area contributed by atoms with E-state index in [0.29, 0.717) is 4.73 Å². The highest BCUT2D eigenvalue weighted by molar-refractivity contribution is 8.00. The number of aliphatic carboxylic acids is 1. The molecule has 0 radical (unpaired) electrons. The average molecular weight is 483 g/mol. The molecule has 2 aromatic heterocycles. The van der Waals surface area contributed by atoms with Crippen LogP contribution in [0.4, 0.5) is 0 Å². The number of aromatic nitrogens is 5. The first-order valence-corrected chi connectivity index (χ1v) is 11.0. The van der Waals surface area contributed by atoms with Crippen molar-refractivity contribution in [2.45, 2.75) is 17.3 Å². The van der Waals surface area contributed by atoms with Gasteiger partial charge in [-0.25, -0.2) is 9.48 Å². The van der Waals surface area contributed by atoms with Crippen molar-refractivity contribution in [2.24, 2.45) is 7.05 Å². The molecule has 0 spiro atoms. The number of thioether (sulfide) groups is 1. The Kier molecular flexibility index (Phi) is 5.14. The van der Waals surface area contributed by atoms with Gasteiger partial charge in [0, 0.05) is 29.1 Å². The molecule has 2 aromatic rings. The number of tetrazole rings is 1. The number of amides is 2. The summed E-state index contributed by atoms with van der Waals surface area (Å²) in [5, 5.41) is 42.4. The van der Waals surface area contributed by atoms with Gasteiger partial charge >= 0.3 is 5.97 Å². The molecule has 4 heterocycles. The molecule has 1 saturated heterocycles. The number of β-lactam (4-membered cyclic amide) rings is 1. The summed E-state index contributed by atoms with van der Waals surface area (Å²) in [7, 11) is 1.55. The maximum Gasteiger partial charge on any atom is 0.353 e. The van der Waals surface area contributed by atoms with Gasteiger partial charge in [-0.05, 0) is 10.4 Å². The van der Waals surface area contributed by atoms with Crippen LogP contribution in [0.3, 0.4) is 0 Å². The van der Waals surface area contributed by atoms with E-state index in [1.165, 1.54) is 21.8 Å². The molecule has 4 rings (SSSR count). The molecule has 0 bridgehead atoms. The van der Waals surface area contributed by atoms with Gasteiger partial charge < -0.3 is 15.6 Å². The number of thiocarbonyl (C=S) groups is 1. The van der Waals surface area contributed by atoms with E-state index in [9.17, 15) is 24.7 Å². The molecule has 2 aliphatic rings. The second kappa shape index (κ2) is 7.54. The van der Waals surface area contributed by atoms with Gasteiger partial charge in [-0.15, -0.1) is 28.2 Å². The SMILES string of the molecule is Cn1nnnc1C1=C(C(=O)O)N2C(=O)C(C=S)(NC(=O)Cc3csc(=N)n3O)[C@@H]2SC1. The summed E-state index contributed by atoms with van der Waals surface area (Å²) in [5.41, 5.74) is -1.39. The third-order valence-electron chi connectivity index (χ3n) is 4.85. The van der Waals surface area contributed by atoms with Gasteiger partial charge in [-0.2, -0.15) is 4.73 Å². The van der Waals surface area contributed by atoms with Crippen LogP contribution in [-0.4, -0.2) is 80.0 Å². The van der Waals surface area contributed by atoms with Gasteiger partial charge in [0.05, 0.1) is 12.1 Å². The minimum Gasteiger partial charge on any atom is -0.477 e. The smallest absolute Gasteiger partial charge is 0.353 e. The Morgan fingerprint density at radius 2 is 2.26 bits per heavy atom. The predicted molar refractivity (Wildman–Crippen MR) is 110 cm³/mol. The van der Waals surface area contributed by atoms with Crippen molar-refractivity contribution < 1.29 is 24.7 Å². The highest BCUT2D eigenvalue weighted by Crippen LogP contribution is 2.47. The number of hydrogen-bond acceptors (Lipinski definition) is 11. The van der Waals surface area contributed by atoms with E-state index in [2.05, 4.69) is 20.8 Å². The van der Waals surface area contributed by atoms with E-state index in [0.717, 1.165) is 21.6 Å². The maximum atomic E-state index is 13.1. The summed E-state index contributed by atoms with van der Waals surface area (Å²) in [6.07, 6.45) is -0.293. The van der Waals surface area contributed by atoms with Gasteiger partial charge in [0.1, 0.15) is 11.1 Å².